The number of nitrogens with one attached hydrogen (secondary N) is 1. The van der Waals surface area contributed by atoms with Crippen molar-refractivity contribution in [3.63, 3.8) is 0 Å². The average Bonchev–Trinajstić information content (AvgIpc) is 2.19. The van der Waals surface area contributed by atoms with Gasteiger partial charge in [0.1, 0.15) is 10.8 Å². The number of hydrogen-bond donors (Lipinski definition) is 2. The Balaban J connectivity index is 2.95. The average molecular weight is 254 g/mol. The Bertz CT molecular complexity index is 466. The molecule has 0 aromatic heterocycles. The highest BCUT2D eigenvalue weighted by Crippen LogP contribution is 2.20. The summed E-state index contributed by atoms with van der Waals surface area (Å²) in [5.41, 5.74) is 5.37. The van der Waals surface area contributed by atoms with E-state index in [2.05, 4.69) is 5.32 Å². The highest BCUT2D eigenvalue weighted by molar-refractivity contribution is 7.80. The van der Waals surface area contributed by atoms with E-state index in [0.717, 1.165) is 0 Å². The zero-order chi connectivity index (χ0) is 13.2. The van der Waals surface area contributed by atoms with Gasteiger partial charge in [0.25, 0.3) is 0 Å². The Labute approximate surface area is 105 Å². The molecule has 3 nitrogen and oxygen atoms in total. The lowest BCUT2D eigenvalue weighted by molar-refractivity contribution is -0.123. The molecule has 0 saturated heterocycles. The van der Waals surface area contributed by atoms with Crippen LogP contribution < -0.4 is 11.1 Å². The molecule has 0 aliphatic heterocycles. The van der Waals surface area contributed by atoms with Gasteiger partial charge >= 0.3 is 0 Å². The molecule has 0 aliphatic rings. The van der Waals surface area contributed by atoms with E-state index in [-0.39, 0.29) is 16.6 Å². The van der Waals surface area contributed by atoms with E-state index >= 15 is 0 Å². The minimum atomic E-state index is -0.575. The summed E-state index contributed by atoms with van der Waals surface area (Å²) in [6.07, 6.45) is 0. The van der Waals surface area contributed by atoms with Crippen LogP contribution >= 0.6 is 12.2 Å². The van der Waals surface area contributed by atoms with Crippen molar-refractivity contribution in [2.24, 2.45) is 11.1 Å². The second-order valence-electron chi connectivity index (χ2n) is 4.76. The fraction of sp³-hybridized carbons (Fsp3) is 0.333. The van der Waals surface area contributed by atoms with Crippen molar-refractivity contribution in [1.29, 1.82) is 0 Å². The highest BCUT2D eigenvalue weighted by atomic mass is 32.1. The summed E-state index contributed by atoms with van der Waals surface area (Å²) in [5.74, 6) is -0.799. The van der Waals surface area contributed by atoms with Crippen molar-refractivity contribution in [1.82, 2.24) is 0 Å². The number of halogens is 1. The van der Waals surface area contributed by atoms with Gasteiger partial charge in [0.05, 0.1) is 5.69 Å². The summed E-state index contributed by atoms with van der Waals surface area (Å²) in [7, 11) is 0. The molecule has 0 spiro atoms. The number of nitrogens with two attached hydrogens (primary N) is 1. The maximum Gasteiger partial charge on any atom is 0.229 e. The maximum atomic E-state index is 13.6. The Morgan fingerprint density at radius 2 is 2.00 bits per heavy atom. The van der Waals surface area contributed by atoms with E-state index in [4.69, 9.17) is 18.0 Å². The summed E-state index contributed by atoms with van der Waals surface area (Å²) in [6, 6.07) is 4.23. The molecule has 3 N–H and O–H groups in total. The van der Waals surface area contributed by atoms with Crippen LogP contribution in [-0.4, -0.2) is 10.9 Å². The molecule has 0 fully saturated rings. The van der Waals surface area contributed by atoms with Crippen molar-refractivity contribution in [2.75, 3.05) is 5.32 Å². The quantitative estimate of drug-likeness (QED) is 0.797. The molecule has 1 rings (SSSR count). The number of amides is 1. The van der Waals surface area contributed by atoms with Crippen molar-refractivity contribution in [3.8, 4) is 0 Å². The fourth-order valence-corrected chi connectivity index (χ4v) is 1.21. The van der Waals surface area contributed by atoms with Crippen LogP contribution in [0, 0.1) is 11.2 Å². The summed E-state index contributed by atoms with van der Waals surface area (Å²) in [5, 5.41) is 2.52. The zero-order valence-electron chi connectivity index (χ0n) is 10.0. The third kappa shape index (κ3) is 3.49. The first-order valence-electron chi connectivity index (χ1n) is 5.12. The maximum absolute atomic E-state index is 13.6. The van der Waals surface area contributed by atoms with Crippen LogP contribution in [0.5, 0.6) is 0 Å². The molecule has 0 bridgehead atoms. The second kappa shape index (κ2) is 4.79. The normalized spacial score (nSPS) is 11.1. The van der Waals surface area contributed by atoms with Crippen LogP contribution in [0.3, 0.4) is 0 Å². The largest absolute Gasteiger partial charge is 0.389 e. The first-order valence-corrected chi connectivity index (χ1v) is 5.53. The van der Waals surface area contributed by atoms with Gasteiger partial charge in [0.2, 0.25) is 5.91 Å². The van der Waals surface area contributed by atoms with Crippen molar-refractivity contribution in [3.05, 3.63) is 29.6 Å². The van der Waals surface area contributed by atoms with Crippen LogP contribution in [-0.2, 0) is 4.79 Å². The Morgan fingerprint density at radius 3 is 2.41 bits per heavy atom. The summed E-state index contributed by atoms with van der Waals surface area (Å²) < 4.78 is 13.6. The Morgan fingerprint density at radius 1 is 1.41 bits per heavy atom. The number of benzene rings is 1. The fourth-order valence-electron chi connectivity index (χ4n) is 1.08. The Kier molecular flexibility index (Phi) is 3.83. The first-order chi connectivity index (χ1) is 7.71. The van der Waals surface area contributed by atoms with E-state index in [0.29, 0.717) is 5.56 Å². The van der Waals surface area contributed by atoms with Crippen molar-refractivity contribution < 1.29 is 9.18 Å². The van der Waals surface area contributed by atoms with E-state index in [1.807, 2.05) is 0 Å². The zero-order valence-corrected chi connectivity index (χ0v) is 10.8. The van der Waals surface area contributed by atoms with Crippen LogP contribution in [0.25, 0.3) is 0 Å². The van der Waals surface area contributed by atoms with Crippen LogP contribution in [0.15, 0.2) is 18.2 Å². The van der Waals surface area contributed by atoms with Gasteiger partial charge in [-0.1, -0.05) is 33.0 Å². The second-order valence-corrected chi connectivity index (χ2v) is 5.20. The van der Waals surface area contributed by atoms with E-state index in [1.54, 1.807) is 26.8 Å². The molecule has 0 saturated carbocycles. The monoisotopic (exact) mass is 254 g/mol. The Hall–Kier alpha value is -1.49. The molecule has 17 heavy (non-hydrogen) atoms. The van der Waals surface area contributed by atoms with Gasteiger partial charge in [0.15, 0.2) is 0 Å². The third-order valence-corrected chi connectivity index (χ3v) is 2.42. The number of thiocarbonyl (C=S) groups is 1. The highest BCUT2D eigenvalue weighted by Gasteiger charge is 2.22. The van der Waals surface area contributed by atoms with E-state index in [9.17, 15) is 9.18 Å². The molecule has 0 unspecified atom stereocenters. The molecule has 92 valence electrons. The van der Waals surface area contributed by atoms with Crippen LogP contribution in [0.2, 0.25) is 0 Å². The molecule has 0 heterocycles. The van der Waals surface area contributed by atoms with Crippen LogP contribution in [0.4, 0.5) is 10.1 Å². The third-order valence-electron chi connectivity index (χ3n) is 2.18. The van der Waals surface area contributed by atoms with Gasteiger partial charge in [0, 0.05) is 11.0 Å². The predicted octanol–water partition coefficient (Wildman–Crippen LogP) is 2.44. The van der Waals surface area contributed by atoms with Gasteiger partial charge in [-0.3, -0.25) is 4.79 Å². The molecular formula is C12H15FN2OS. The minimum absolute atomic E-state index is 0.123. The lowest BCUT2D eigenvalue weighted by Gasteiger charge is -2.18. The van der Waals surface area contributed by atoms with Crippen molar-refractivity contribution in [2.45, 2.75) is 20.8 Å². The predicted molar refractivity (Wildman–Crippen MR) is 70.4 cm³/mol. The van der Waals surface area contributed by atoms with E-state index in [1.165, 1.54) is 12.1 Å². The minimum Gasteiger partial charge on any atom is -0.389 e. The number of rotatable bonds is 2. The molecule has 1 aromatic carbocycles. The number of carbonyl (C=O) groups excluding carboxylic acids is 1. The molecular weight excluding hydrogens is 239 g/mol. The smallest absolute Gasteiger partial charge is 0.229 e. The summed E-state index contributed by atoms with van der Waals surface area (Å²) in [4.78, 5) is 11.8. The first kappa shape index (κ1) is 13.6. The van der Waals surface area contributed by atoms with Gasteiger partial charge in [-0.15, -0.1) is 0 Å². The molecule has 0 aliphatic carbocycles. The molecule has 0 atom stereocenters. The summed E-state index contributed by atoms with van der Waals surface area (Å²) >= 11 is 4.74. The molecule has 0 radical (unpaired) electrons. The number of carbonyl (C=O) groups is 1. The van der Waals surface area contributed by atoms with Gasteiger partial charge in [-0.25, -0.2) is 4.39 Å². The van der Waals surface area contributed by atoms with Crippen LogP contribution in [0.1, 0.15) is 26.3 Å². The molecule has 5 heteroatoms. The van der Waals surface area contributed by atoms with E-state index < -0.39 is 11.2 Å². The lowest BCUT2D eigenvalue weighted by Crippen LogP contribution is -2.28. The van der Waals surface area contributed by atoms with Gasteiger partial charge in [-0.2, -0.15) is 0 Å². The summed E-state index contributed by atoms with van der Waals surface area (Å²) in [6.45, 7) is 5.26. The number of anilines is 1. The van der Waals surface area contributed by atoms with Gasteiger partial charge in [-0.05, 0) is 18.2 Å². The lowest BCUT2D eigenvalue weighted by atomic mass is 9.95. The molecule has 1 amide bonds. The topological polar surface area (TPSA) is 55.1 Å². The molecule has 1 aromatic rings. The standard InChI is InChI=1S/C12H15FN2OS/c1-12(2,3)11(16)15-9-5-4-7(10(14)17)6-8(9)13/h4-6H,1-3H3,(H2,14,17)(H,15,16). The SMILES string of the molecule is CC(C)(C)C(=O)Nc1ccc(C(N)=S)cc1F. The van der Waals surface area contributed by atoms with Crippen molar-refractivity contribution >= 4 is 28.8 Å². The van der Waals surface area contributed by atoms with Gasteiger partial charge < -0.3 is 11.1 Å². The number of hydrogen-bond acceptors (Lipinski definition) is 2.